The van der Waals surface area contributed by atoms with Gasteiger partial charge >= 0.3 is 0 Å². The summed E-state index contributed by atoms with van der Waals surface area (Å²) in [5, 5.41) is 1.90. The molecule has 1 aromatic heterocycles. The third-order valence-corrected chi connectivity index (χ3v) is 4.32. The Bertz CT molecular complexity index is 563. The topological polar surface area (TPSA) is 45.0 Å². The second-order valence-corrected chi connectivity index (χ2v) is 5.64. The van der Waals surface area contributed by atoms with Gasteiger partial charge in [0.15, 0.2) is 0 Å². The highest BCUT2D eigenvalue weighted by atomic mass is 35.5. The second-order valence-electron chi connectivity index (χ2n) is 5.23. The fourth-order valence-corrected chi connectivity index (χ4v) is 3.19. The third kappa shape index (κ3) is 1.92. The number of nitrogens with zero attached hydrogens (tertiary/aromatic N) is 1. The van der Waals surface area contributed by atoms with Crippen LogP contribution in [0.1, 0.15) is 18.0 Å². The normalized spacial score (nSPS) is 25.1. The maximum atomic E-state index is 6.18. The molecule has 4 heteroatoms. The van der Waals surface area contributed by atoms with E-state index in [9.17, 15) is 0 Å². The Morgan fingerprint density at radius 2 is 2.33 bits per heavy atom. The molecule has 1 aliphatic rings. The molecule has 2 aromatic rings. The molecule has 2 heterocycles. The SMILES string of the molecule is CN1CC(CN)CC1c1ccc2[nH]cc(Cl)c2c1. The maximum Gasteiger partial charge on any atom is 0.0659 e. The van der Waals surface area contributed by atoms with Crippen LogP contribution in [0.15, 0.2) is 24.4 Å². The van der Waals surface area contributed by atoms with Crippen molar-refractivity contribution in [2.45, 2.75) is 12.5 Å². The standard InChI is InChI=1S/C14H18ClN3/c1-18-8-9(6-16)4-14(18)10-2-3-13-11(5-10)12(15)7-17-13/h2-3,5,7,9,14,17H,4,6,8,16H2,1H3. The summed E-state index contributed by atoms with van der Waals surface area (Å²) in [4.78, 5) is 5.56. The van der Waals surface area contributed by atoms with Crippen LogP contribution >= 0.6 is 11.6 Å². The highest BCUT2D eigenvalue weighted by Gasteiger charge is 2.29. The minimum absolute atomic E-state index is 0.467. The monoisotopic (exact) mass is 263 g/mol. The number of aromatic nitrogens is 1. The van der Waals surface area contributed by atoms with Crippen molar-refractivity contribution in [1.82, 2.24) is 9.88 Å². The van der Waals surface area contributed by atoms with Crippen molar-refractivity contribution < 1.29 is 0 Å². The van der Waals surface area contributed by atoms with Gasteiger partial charge in [0.1, 0.15) is 0 Å². The summed E-state index contributed by atoms with van der Waals surface area (Å²) in [6.45, 7) is 1.86. The van der Waals surface area contributed by atoms with Crippen molar-refractivity contribution in [1.29, 1.82) is 0 Å². The van der Waals surface area contributed by atoms with Gasteiger partial charge in [0.25, 0.3) is 0 Å². The molecule has 18 heavy (non-hydrogen) atoms. The van der Waals surface area contributed by atoms with E-state index in [-0.39, 0.29) is 0 Å². The van der Waals surface area contributed by atoms with Crippen molar-refractivity contribution in [2.24, 2.45) is 11.7 Å². The van der Waals surface area contributed by atoms with Crippen LogP contribution < -0.4 is 5.73 Å². The zero-order chi connectivity index (χ0) is 12.7. The molecule has 0 amide bonds. The fraction of sp³-hybridized carbons (Fsp3) is 0.429. The maximum absolute atomic E-state index is 6.18. The van der Waals surface area contributed by atoms with E-state index in [0.29, 0.717) is 12.0 Å². The Labute approximate surface area is 112 Å². The van der Waals surface area contributed by atoms with Crippen molar-refractivity contribution in [3.8, 4) is 0 Å². The van der Waals surface area contributed by atoms with Gasteiger partial charge in [0, 0.05) is 29.7 Å². The van der Waals surface area contributed by atoms with Crippen LogP contribution in [0.4, 0.5) is 0 Å². The van der Waals surface area contributed by atoms with Gasteiger partial charge < -0.3 is 10.7 Å². The van der Waals surface area contributed by atoms with Gasteiger partial charge in [-0.25, -0.2) is 0 Å². The molecule has 3 N–H and O–H groups in total. The Morgan fingerprint density at radius 1 is 1.50 bits per heavy atom. The number of benzene rings is 1. The molecular formula is C14H18ClN3. The Morgan fingerprint density at radius 3 is 3.06 bits per heavy atom. The highest BCUT2D eigenvalue weighted by molar-refractivity contribution is 6.35. The summed E-state index contributed by atoms with van der Waals surface area (Å²) < 4.78 is 0. The summed E-state index contributed by atoms with van der Waals surface area (Å²) in [5.41, 5.74) is 8.21. The summed E-state index contributed by atoms with van der Waals surface area (Å²) >= 11 is 6.18. The highest BCUT2D eigenvalue weighted by Crippen LogP contribution is 2.35. The van der Waals surface area contributed by atoms with E-state index >= 15 is 0 Å². The summed E-state index contributed by atoms with van der Waals surface area (Å²) in [5.74, 6) is 0.609. The first-order valence-corrected chi connectivity index (χ1v) is 6.73. The quantitative estimate of drug-likeness (QED) is 0.875. The second kappa shape index (κ2) is 4.57. The number of nitrogens with two attached hydrogens (primary N) is 1. The first-order chi connectivity index (χ1) is 8.69. The van der Waals surface area contributed by atoms with Crippen LogP contribution in [0.2, 0.25) is 5.02 Å². The molecule has 0 bridgehead atoms. The van der Waals surface area contributed by atoms with Gasteiger partial charge in [-0.2, -0.15) is 0 Å². The predicted octanol–water partition coefficient (Wildman–Crippen LogP) is 2.77. The van der Waals surface area contributed by atoms with Crippen LogP contribution in [-0.2, 0) is 0 Å². The first-order valence-electron chi connectivity index (χ1n) is 6.36. The lowest BCUT2D eigenvalue weighted by Gasteiger charge is -2.19. The van der Waals surface area contributed by atoms with Crippen molar-refractivity contribution in [2.75, 3.05) is 20.1 Å². The molecule has 2 atom stereocenters. The number of hydrogen-bond donors (Lipinski definition) is 2. The lowest BCUT2D eigenvalue weighted by molar-refractivity contribution is 0.314. The molecule has 96 valence electrons. The Kier molecular flexibility index (Phi) is 3.06. The molecule has 3 rings (SSSR count). The number of fused-ring (bicyclic) bond motifs is 1. The average Bonchev–Trinajstić information content (AvgIpc) is 2.93. The Balaban J connectivity index is 1.96. The summed E-state index contributed by atoms with van der Waals surface area (Å²) in [6, 6.07) is 6.97. The molecule has 1 fully saturated rings. The molecule has 0 saturated carbocycles. The number of aromatic amines is 1. The van der Waals surface area contributed by atoms with E-state index in [1.807, 2.05) is 6.20 Å². The van der Waals surface area contributed by atoms with E-state index in [1.54, 1.807) is 0 Å². The van der Waals surface area contributed by atoms with Gasteiger partial charge in [-0.3, -0.25) is 4.90 Å². The number of nitrogens with one attached hydrogen (secondary N) is 1. The van der Waals surface area contributed by atoms with Crippen LogP contribution in [0.25, 0.3) is 10.9 Å². The number of halogens is 1. The van der Waals surface area contributed by atoms with Crippen LogP contribution in [0.3, 0.4) is 0 Å². The molecule has 1 aromatic carbocycles. The molecular weight excluding hydrogens is 246 g/mol. The molecule has 2 unspecified atom stereocenters. The van der Waals surface area contributed by atoms with Crippen molar-refractivity contribution in [3.63, 3.8) is 0 Å². The fourth-order valence-electron chi connectivity index (χ4n) is 2.98. The Hall–Kier alpha value is -1.03. The van der Waals surface area contributed by atoms with Crippen molar-refractivity contribution in [3.05, 3.63) is 35.0 Å². The van der Waals surface area contributed by atoms with Crippen LogP contribution in [0.5, 0.6) is 0 Å². The lowest BCUT2D eigenvalue weighted by atomic mass is 9.99. The minimum atomic E-state index is 0.467. The third-order valence-electron chi connectivity index (χ3n) is 4.01. The number of rotatable bonds is 2. The smallest absolute Gasteiger partial charge is 0.0659 e. The molecule has 0 radical (unpaired) electrons. The van der Waals surface area contributed by atoms with E-state index in [1.165, 1.54) is 5.56 Å². The molecule has 0 spiro atoms. The van der Waals surface area contributed by atoms with Gasteiger partial charge in [-0.05, 0) is 43.6 Å². The molecule has 3 nitrogen and oxygen atoms in total. The van der Waals surface area contributed by atoms with Gasteiger partial charge in [0.2, 0.25) is 0 Å². The number of H-pyrrole nitrogens is 1. The predicted molar refractivity (Wildman–Crippen MR) is 75.8 cm³/mol. The average molecular weight is 264 g/mol. The summed E-state index contributed by atoms with van der Waals surface area (Å²) in [7, 11) is 2.17. The van der Waals surface area contributed by atoms with E-state index in [2.05, 4.69) is 35.1 Å². The number of likely N-dealkylation sites (tertiary alicyclic amines) is 1. The van der Waals surface area contributed by atoms with Crippen LogP contribution in [-0.4, -0.2) is 30.0 Å². The van der Waals surface area contributed by atoms with E-state index in [4.69, 9.17) is 17.3 Å². The van der Waals surface area contributed by atoms with Crippen LogP contribution in [0, 0.1) is 5.92 Å². The van der Waals surface area contributed by atoms with E-state index in [0.717, 1.165) is 35.4 Å². The zero-order valence-corrected chi connectivity index (χ0v) is 11.2. The van der Waals surface area contributed by atoms with Gasteiger partial charge in [0.05, 0.1) is 5.02 Å². The summed E-state index contributed by atoms with van der Waals surface area (Å²) in [6.07, 6.45) is 2.98. The molecule has 0 aliphatic carbocycles. The lowest BCUT2D eigenvalue weighted by Crippen LogP contribution is -2.20. The number of hydrogen-bond acceptors (Lipinski definition) is 2. The molecule has 1 saturated heterocycles. The minimum Gasteiger partial charge on any atom is -0.360 e. The van der Waals surface area contributed by atoms with Gasteiger partial charge in [-0.1, -0.05) is 17.7 Å². The van der Waals surface area contributed by atoms with Crippen molar-refractivity contribution >= 4 is 22.5 Å². The van der Waals surface area contributed by atoms with Gasteiger partial charge in [-0.15, -0.1) is 0 Å². The molecule has 1 aliphatic heterocycles. The largest absolute Gasteiger partial charge is 0.360 e. The van der Waals surface area contributed by atoms with E-state index < -0.39 is 0 Å². The zero-order valence-electron chi connectivity index (χ0n) is 10.5. The first kappa shape index (κ1) is 12.0.